The lowest BCUT2D eigenvalue weighted by molar-refractivity contribution is -0.137. The van der Waals surface area contributed by atoms with Gasteiger partial charge in [-0.1, -0.05) is 94.0 Å². The van der Waals surface area contributed by atoms with E-state index in [9.17, 15) is 63.0 Å². The minimum absolute atomic E-state index is 0.0247. The summed E-state index contributed by atoms with van der Waals surface area (Å²) in [6.07, 6.45) is 16.3. The monoisotopic (exact) mass is 1070 g/mol. The zero-order valence-corrected chi connectivity index (χ0v) is 42.6. The SMILES string of the molecule is CCCCC/C=C/C/C=C/C/C=C/C/C=C/CC(O)CC(=O)SCCNC(=O)CCNC(=O)C(O)C(C)(C)COP(=O)(O)OP(=O)(O)OCC1OC(n2cnc3c(N)ncnc32)C(O)C1OP(=O)(O)O. The summed E-state index contributed by atoms with van der Waals surface area (Å²) < 4.78 is 62.4. The number of amides is 2. The van der Waals surface area contributed by atoms with Gasteiger partial charge in [0.25, 0.3) is 0 Å². The molecule has 394 valence electrons. The molecule has 70 heavy (non-hydrogen) atoms. The molecule has 3 heterocycles. The van der Waals surface area contributed by atoms with Gasteiger partial charge in [-0.25, -0.2) is 28.6 Å². The van der Waals surface area contributed by atoms with Gasteiger partial charge in [0.1, 0.15) is 36.3 Å². The van der Waals surface area contributed by atoms with Crippen LogP contribution in [0.25, 0.3) is 11.2 Å². The lowest BCUT2D eigenvalue weighted by Crippen LogP contribution is -2.46. The number of carbonyl (C=O) groups is 3. The number of thioether (sulfide) groups is 1. The van der Waals surface area contributed by atoms with E-state index in [1.807, 2.05) is 18.2 Å². The predicted molar refractivity (Wildman–Crippen MR) is 257 cm³/mol. The van der Waals surface area contributed by atoms with Gasteiger partial charge in [0, 0.05) is 37.1 Å². The molecule has 0 aromatic carbocycles. The predicted octanol–water partition coefficient (Wildman–Crippen LogP) is 3.78. The van der Waals surface area contributed by atoms with Crippen molar-refractivity contribution in [1.82, 2.24) is 30.2 Å². The number of hydrogen-bond donors (Lipinski definition) is 10. The summed E-state index contributed by atoms with van der Waals surface area (Å²) in [4.78, 5) is 88.4. The second-order valence-corrected chi connectivity index (χ2v) is 21.9. The van der Waals surface area contributed by atoms with E-state index in [1.54, 1.807) is 0 Å². The fourth-order valence-corrected chi connectivity index (χ4v) is 9.90. The number of allylic oxidation sites excluding steroid dienone is 7. The van der Waals surface area contributed by atoms with Crippen molar-refractivity contribution in [2.45, 2.75) is 122 Å². The number of fused-ring (bicyclic) bond motifs is 1. The highest BCUT2D eigenvalue weighted by atomic mass is 32.2. The first-order valence-corrected chi connectivity index (χ1v) is 27.8. The number of ether oxygens (including phenoxy) is 1. The molecule has 1 aliphatic rings. The first kappa shape index (κ1) is 60.8. The summed E-state index contributed by atoms with van der Waals surface area (Å²) >= 11 is 0.956. The van der Waals surface area contributed by atoms with Crippen molar-refractivity contribution in [2.75, 3.05) is 37.8 Å². The van der Waals surface area contributed by atoms with Crippen LogP contribution in [0.15, 0.2) is 61.3 Å². The van der Waals surface area contributed by atoms with E-state index in [0.29, 0.717) is 12.8 Å². The minimum Gasteiger partial charge on any atom is -0.392 e. The molecular weight excluding hydrogens is 1000 g/mol. The summed E-state index contributed by atoms with van der Waals surface area (Å²) in [5, 5.41) is 36.5. The number of carbonyl (C=O) groups excluding carboxylic acids is 3. The largest absolute Gasteiger partial charge is 0.481 e. The van der Waals surface area contributed by atoms with Gasteiger partial charge >= 0.3 is 23.5 Å². The second-order valence-electron chi connectivity index (χ2n) is 16.5. The van der Waals surface area contributed by atoms with Crippen LogP contribution in [0.2, 0.25) is 0 Å². The van der Waals surface area contributed by atoms with Gasteiger partial charge in [-0.3, -0.25) is 32.5 Å². The number of aliphatic hydroxyl groups is 3. The number of rotatable bonds is 33. The number of unbranched alkanes of at least 4 members (excludes halogenated alkanes) is 3. The van der Waals surface area contributed by atoms with Crippen LogP contribution in [0.1, 0.15) is 91.2 Å². The number of aliphatic hydroxyl groups excluding tert-OH is 3. The Labute approximate surface area is 409 Å². The summed E-state index contributed by atoms with van der Waals surface area (Å²) in [7, 11) is -16.5. The Morgan fingerprint density at radius 2 is 1.56 bits per heavy atom. The third-order valence-electron chi connectivity index (χ3n) is 10.0. The Bertz CT molecular complexity index is 2260. The number of nitrogens with zero attached hydrogens (tertiary/aromatic N) is 4. The van der Waals surface area contributed by atoms with E-state index >= 15 is 0 Å². The van der Waals surface area contributed by atoms with E-state index in [4.69, 9.17) is 19.5 Å². The van der Waals surface area contributed by atoms with Crippen molar-refractivity contribution in [2.24, 2.45) is 5.41 Å². The molecule has 1 aliphatic heterocycles. The number of hydrogen-bond acceptors (Lipinski definition) is 19. The molecule has 8 atom stereocenters. The zero-order valence-electron chi connectivity index (χ0n) is 39.1. The maximum atomic E-state index is 12.7. The normalized spacial score (nSPS) is 20.7. The maximum absolute atomic E-state index is 12.7. The van der Waals surface area contributed by atoms with E-state index in [1.165, 1.54) is 33.1 Å². The molecule has 0 aliphatic carbocycles. The first-order valence-electron chi connectivity index (χ1n) is 22.3. The van der Waals surface area contributed by atoms with Crippen molar-refractivity contribution >= 4 is 69.1 Å². The molecule has 0 spiro atoms. The van der Waals surface area contributed by atoms with Gasteiger partial charge in [0.2, 0.25) is 11.8 Å². The fourth-order valence-electron chi connectivity index (χ4n) is 6.33. The molecule has 11 N–H and O–H groups in total. The van der Waals surface area contributed by atoms with Crippen LogP contribution >= 0.6 is 35.2 Å². The Morgan fingerprint density at radius 1 is 0.914 bits per heavy atom. The number of phosphoric acid groups is 3. The summed E-state index contributed by atoms with van der Waals surface area (Å²) in [6.45, 7) is 2.52. The Morgan fingerprint density at radius 3 is 2.21 bits per heavy atom. The van der Waals surface area contributed by atoms with Gasteiger partial charge in [-0.05, 0) is 38.5 Å². The lowest BCUT2D eigenvalue weighted by Gasteiger charge is -2.30. The summed E-state index contributed by atoms with van der Waals surface area (Å²) in [6, 6.07) is 0. The molecular formula is C41H66N7O18P3S. The molecule has 2 aromatic heterocycles. The number of nitrogens with two attached hydrogens (primary N) is 1. The minimum atomic E-state index is -5.59. The van der Waals surface area contributed by atoms with Crippen LogP contribution in [0.4, 0.5) is 5.82 Å². The average Bonchev–Trinajstić information content (AvgIpc) is 3.84. The van der Waals surface area contributed by atoms with Gasteiger partial charge in [-0.15, -0.1) is 0 Å². The van der Waals surface area contributed by atoms with Crippen molar-refractivity contribution < 1.29 is 85.6 Å². The number of phosphoric ester groups is 3. The molecule has 1 saturated heterocycles. The van der Waals surface area contributed by atoms with Gasteiger partial charge < -0.3 is 56.0 Å². The molecule has 25 nitrogen and oxygen atoms in total. The highest BCUT2D eigenvalue weighted by Crippen LogP contribution is 2.61. The third kappa shape index (κ3) is 22.5. The molecule has 0 saturated carbocycles. The van der Waals surface area contributed by atoms with Crippen LogP contribution in [0, 0.1) is 5.41 Å². The topological polar surface area (TPSA) is 384 Å². The quantitative estimate of drug-likeness (QED) is 0.0276. The molecule has 0 bridgehead atoms. The van der Waals surface area contributed by atoms with E-state index in [0.717, 1.165) is 48.2 Å². The van der Waals surface area contributed by atoms with E-state index in [2.05, 4.69) is 71.7 Å². The molecule has 0 radical (unpaired) electrons. The van der Waals surface area contributed by atoms with Crippen molar-refractivity contribution in [3.05, 3.63) is 61.3 Å². The maximum Gasteiger partial charge on any atom is 0.481 e. The zero-order chi connectivity index (χ0) is 52.0. The second kappa shape index (κ2) is 29.9. The fraction of sp³-hybridized carbons (Fsp3) is 0.610. The average molecular weight is 1070 g/mol. The number of anilines is 1. The Kier molecular flexibility index (Phi) is 25.9. The first-order chi connectivity index (χ1) is 32.9. The molecule has 29 heteroatoms. The van der Waals surface area contributed by atoms with Crippen LogP contribution in [-0.2, 0) is 50.7 Å². The van der Waals surface area contributed by atoms with Gasteiger partial charge in [0.05, 0.1) is 25.6 Å². The van der Waals surface area contributed by atoms with Crippen molar-refractivity contribution in [3.8, 4) is 0 Å². The standard InChI is InChI=1S/C41H66N7O18P3S/c1-4-5-6-7-8-9-10-11-12-13-14-15-16-17-18-19-29(49)24-32(51)70-23-22-43-31(50)20-21-44-39(54)36(53)41(2,3)26-63-69(60,61)66-68(58,59)62-25-30-35(65-67(55,56)57)34(52)40(64-30)48-28-47-33-37(42)45-27-46-38(33)48/h8-9,11-12,14-15,17-18,27-30,34-36,40,49,52-53H,4-7,10,13,16,19-26H2,1-3H3,(H,43,50)(H,44,54)(H,58,59)(H,60,61)(H2,42,45,46)(H2,55,56,57)/b9-8+,12-11+,15-14+,18-17+. The number of nitrogen functional groups attached to an aromatic ring is 1. The lowest BCUT2D eigenvalue weighted by atomic mass is 9.87. The molecule has 1 fully saturated rings. The van der Waals surface area contributed by atoms with E-state index < -0.39 is 90.7 Å². The van der Waals surface area contributed by atoms with Gasteiger partial charge in [-0.2, -0.15) is 4.31 Å². The highest BCUT2D eigenvalue weighted by Gasteiger charge is 2.50. The number of imidazole rings is 1. The van der Waals surface area contributed by atoms with Crippen molar-refractivity contribution in [3.63, 3.8) is 0 Å². The van der Waals surface area contributed by atoms with Crippen LogP contribution in [0.5, 0.6) is 0 Å². The Balaban J connectivity index is 1.32. The van der Waals surface area contributed by atoms with E-state index in [-0.39, 0.29) is 53.8 Å². The van der Waals surface area contributed by atoms with Crippen LogP contribution < -0.4 is 16.4 Å². The smallest absolute Gasteiger partial charge is 0.392 e. The molecule has 8 unspecified atom stereocenters. The molecule has 2 amide bonds. The Hall–Kier alpha value is -3.52. The highest BCUT2D eigenvalue weighted by molar-refractivity contribution is 8.13. The molecule has 3 rings (SSSR count). The summed E-state index contributed by atoms with van der Waals surface area (Å²) in [5.74, 6) is -1.29. The molecule has 2 aromatic rings. The van der Waals surface area contributed by atoms with Crippen LogP contribution in [-0.4, -0.2) is 134 Å². The number of nitrogens with one attached hydrogen (secondary N) is 2. The number of aromatic nitrogens is 4. The summed E-state index contributed by atoms with van der Waals surface area (Å²) in [5.41, 5.74) is 4.24. The van der Waals surface area contributed by atoms with Crippen molar-refractivity contribution in [1.29, 1.82) is 0 Å². The third-order valence-corrected chi connectivity index (χ3v) is 14.0. The van der Waals surface area contributed by atoms with Gasteiger partial charge in [0.15, 0.2) is 22.8 Å². The van der Waals surface area contributed by atoms with Crippen LogP contribution in [0.3, 0.4) is 0 Å².